The lowest BCUT2D eigenvalue weighted by molar-refractivity contribution is 0.639. The lowest BCUT2D eigenvalue weighted by Gasteiger charge is -2.11. The van der Waals surface area contributed by atoms with Crippen molar-refractivity contribution in [2.75, 3.05) is 11.9 Å². The van der Waals surface area contributed by atoms with Crippen LogP contribution in [0, 0.1) is 6.92 Å². The Morgan fingerprint density at radius 2 is 2.11 bits per heavy atom. The van der Waals surface area contributed by atoms with Gasteiger partial charge in [-0.25, -0.2) is 0 Å². The molecule has 0 spiro atoms. The number of hydrogen-bond acceptors (Lipinski definition) is 3. The number of nitrogens with zero attached hydrogens (tertiary/aromatic N) is 1. The molecule has 1 heterocycles. The van der Waals surface area contributed by atoms with Crippen LogP contribution in [0.25, 0.3) is 10.9 Å². The Morgan fingerprint density at radius 3 is 2.89 bits per heavy atom. The molecule has 0 aliphatic heterocycles. The highest BCUT2D eigenvalue weighted by Crippen LogP contribution is 2.22. The number of rotatable bonds is 5. The standard InChI is InChI=1S/C15H21N3/c1-11(16)6-5-9-17-15-10-12(2)18-14-8-4-3-7-13(14)15/h3-4,7-8,10-11H,5-6,9,16H2,1-2H3,(H,17,18). The predicted octanol–water partition coefficient (Wildman–Crippen LogP) is 3.08. The molecule has 18 heavy (non-hydrogen) atoms. The van der Waals surface area contributed by atoms with Crippen molar-refractivity contribution in [3.05, 3.63) is 36.0 Å². The fourth-order valence-electron chi connectivity index (χ4n) is 2.10. The van der Waals surface area contributed by atoms with E-state index in [-0.39, 0.29) is 6.04 Å². The highest BCUT2D eigenvalue weighted by Gasteiger charge is 2.03. The number of nitrogens with two attached hydrogens (primary N) is 1. The molecule has 0 amide bonds. The van der Waals surface area contributed by atoms with Gasteiger partial charge in [0.1, 0.15) is 0 Å². The van der Waals surface area contributed by atoms with E-state index < -0.39 is 0 Å². The summed E-state index contributed by atoms with van der Waals surface area (Å²) in [6.45, 7) is 5.03. The molecule has 96 valence electrons. The fraction of sp³-hybridized carbons (Fsp3) is 0.400. The second-order valence-corrected chi connectivity index (χ2v) is 4.87. The summed E-state index contributed by atoms with van der Waals surface area (Å²) in [6, 6.07) is 10.6. The van der Waals surface area contributed by atoms with Crippen molar-refractivity contribution < 1.29 is 0 Å². The molecule has 1 unspecified atom stereocenters. The Labute approximate surface area is 108 Å². The van der Waals surface area contributed by atoms with Gasteiger partial charge in [-0.1, -0.05) is 18.2 Å². The van der Waals surface area contributed by atoms with Crippen molar-refractivity contribution in [1.82, 2.24) is 4.98 Å². The summed E-state index contributed by atoms with van der Waals surface area (Å²) in [5, 5.41) is 4.67. The second kappa shape index (κ2) is 5.83. The topological polar surface area (TPSA) is 50.9 Å². The number of benzene rings is 1. The smallest absolute Gasteiger partial charge is 0.0725 e. The van der Waals surface area contributed by atoms with E-state index in [9.17, 15) is 0 Å². The summed E-state index contributed by atoms with van der Waals surface area (Å²) in [5.74, 6) is 0. The van der Waals surface area contributed by atoms with E-state index in [0.717, 1.165) is 30.6 Å². The van der Waals surface area contributed by atoms with Gasteiger partial charge in [-0.2, -0.15) is 0 Å². The van der Waals surface area contributed by atoms with Crippen LogP contribution in [0.4, 0.5) is 5.69 Å². The number of hydrogen-bond donors (Lipinski definition) is 2. The normalized spacial score (nSPS) is 12.6. The molecule has 1 atom stereocenters. The molecule has 0 aliphatic carbocycles. The molecular formula is C15H21N3. The van der Waals surface area contributed by atoms with E-state index in [2.05, 4.69) is 28.5 Å². The molecule has 0 fully saturated rings. The van der Waals surface area contributed by atoms with Gasteiger partial charge in [0.05, 0.1) is 5.52 Å². The van der Waals surface area contributed by atoms with Crippen molar-refractivity contribution in [3.8, 4) is 0 Å². The van der Waals surface area contributed by atoms with Gasteiger partial charge < -0.3 is 11.1 Å². The van der Waals surface area contributed by atoms with Crippen molar-refractivity contribution >= 4 is 16.6 Å². The minimum absolute atomic E-state index is 0.280. The Bertz CT molecular complexity index is 520. The highest BCUT2D eigenvalue weighted by molar-refractivity contribution is 5.91. The van der Waals surface area contributed by atoms with Gasteiger partial charge in [0.2, 0.25) is 0 Å². The summed E-state index contributed by atoms with van der Waals surface area (Å²) in [5.41, 5.74) is 9.01. The van der Waals surface area contributed by atoms with E-state index in [4.69, 9.17) is 5.73 Å². The fourth-order valence-corrected chi connectivity index (χ4v) is 2.10. The molecule has 3 N–H and O–H groups in total. The van der Waals surface area contributed by atoms with Gasteiger partial charge in [0, 0.05) is 29.4 Å². The van der Waals surface area contributed by atoms with Crippen LogP contribution < -0.4 is 11.1 Å². The number of aryl methyl sites for hydroxylation is 1. The van der Waals surface area contributed by atoms with Gasteiger partial charge in [0.25, 0.3) is 0 Å². The molecule has 2 aromatic rings. The van der Waals surface area contributed by atoms with Crippen molar-refractivity contribution in [2.24, 2.45) is 5.73 Å². The van der Waals surface area contributed by atoms with Crippen molar-refractivity contribution in [3.63, 3.8) is 0 Å². The summed E-state index contributed by atoms with van der Waals surface area (Å²) >= 11 is 0. The van der Waals surface area contributed by atoms with Crippen LogP contribution >= 0.6 is 0 Å². The van der Waals surface area contributed by atoms with Gasteiger partial charge in [-0.15, -0.1) is 0 Å². The molecule has 0 saturated heterocycles. The third-order valence-electron chi connectivity index (χ3n) is 3.00. The van der Waals surface area contributed by atoms with Crippen LogP contribution in [0.2, 0.25) is 0 Å². The number of fused-ring (bicyclic) bond motifs is 1. The largest absolute Gasteiger partial charge is 0.384 e. The lowest BCUT2D eigenvalue weighted by atomic mass is 10.1. The third-order valence-corrected chi connectivity index (χ3v) is 3.00. The predicted molar refractivity (Wildman–Crippen MR) is 77.9 cm³/mol. The average Bonchev–Trinajstić information content (AvgIpc) is 2.34. The van der Waals surface area contributed by atoms with E-state index in [1.54, 1.807) is 0 Å². The quantitative estimate of drug-likeness (QED) is 0.793. The molecular weight excluding hydrogens is 222 g/mol. The van der Waals surface area contributed by atoms with Gasteiger partial charge in [0.15, 0.2) is 0 Å². The molecule has 1 aromatic heterocycles. The van der Waals surface area contributed by atoms with Gasteiger partial charge in [-0.3, -0.25) is 4.98 Å². The minimum Gasteiger partial charge on any atom is -0.384 e. The summed E-state index contributed by atoms with van der Waals surface area (Å²) in [4.78, 5) is 4.53. The zero-order valence-electron chi connectivity index (χ0n) is 11.1. The van der Waals surface area contributed by atoms with E-state index >= 15 is 0 Å². The zero-order valence-corrected chi connectivity index (χ0v) is 11.1. The third kappa shape index (κ3) is 3.20. The number of para-hydroxylation sites is 1. The van der Waals surface area contributed by atoms with E-state index in [1.165, 1.54) is 11.1 Å². The first kappa shape index (κ1) is 12.8. The number of nitrogens with one attached hydrogen (secondary N) is 1. The van der Waals surface area contributed by atoms with Crippen LogP contribution in [0.3, 0.4) is 0 Å². The maximum absolute atomic E-state index is 5.75. The van der Waals surface area contributed by atoms with Crippen molar-refractivity contribution in [2.45, 2.75) is 32.7 Å². The highest BCUT2D eigenvalue weighted by atomic mass is 14.9. The Kier molecular flexibility index (Phi) is 4.15. The molecule has 2 rings (SSSR count). The molecule has 1 aromatic carbocycles. The van der Waals surface area contributed by atoms with Crippen LogP contribution in [-0.2, 0) is 0 Å². The van der Waals surface area contributed by atoms with E-state index in [1.807, 2.05) is 26.0 Å². The maximum Gasteiger partial charge on any atom is 0.0725 e. The van der Waals surface area contributed by atoms with Crippen LogP contribution in [0.5, 0.6) is 0 Å². The van der Waals surface area contributed by atoms with E-state index in [0.29, 0.717) is 0 Å². The first-order valence-corrected chi connectivity index (χ1v) is 6.52. The molecule has 0 saturated carbocycles. The zero-order chi connectivity index (χ0) is 13.0. The first-order chi connectivity index (χ1) is 8.66. The summed E-state index contributed by atoms with van der Waals surface area (Å²) < 4.78 is 0. The van der Waals surface area contributed by atoms with Crippen LogP contribution in [-0.4, -0.2) is 17.6 Å². The number of aromatic nitrogens is 1. The van der Waals surface area contributed by atoms with Crippen LogP contribution in [0.1, 0.15) is 25.5 Å². The molecule has 3 heteroatoms. The monoisotopic (exact) mass is 243 g/mol. The molecule has 0 bridgehead atoms. The van der Waals surface area contributed by atoms with Gasteiger partial charge in [-0.05, 0) is 38.8 Å². The SMILES string of the molecule is Cc1cc(NCCCC(C)N)c2ccccc2n1. The molecule has 0 aliphatic rings. The summed E-state index contributed by atoms with van der Waals surface area (Å²) in [7, 11) is 0. The van der Waals surface area contributed by atoms with Gasteiger partial charge >= 0.3 is 0 Å². The summed E-state index contributed by atoms with van der Waals surface area (Å²) in [6.07, 6.45) is 2.14. The second-order valence-electron chi connectivity index (χ2n) is 4.87. The molecule has 0 radical (unpaired) electrons. The minimum atomic E-state index is 0.280. The maximum atomic E-state index is 5.75. The van der Waals surface area contributed by atoms with Crippen LogP contribution in [0.15, 0.2) is 30.3 Å². The molecule has 3 nitrogen and oxygen atoms in total. The van der Waals surface area contributed by atoms with Crippen molar-refractivity contribution in [1.29, 1.82) is 0 Å². The Balaban J connectivity index is 2.12. The Hall–Kier alpha value is -1.61. The number of pyridine rings is 1. The number of anilines is 1. The first-order valence-electron chi connectivity index (χ1n) is 6.52. The average molecular weight is 243 g/mol. The Morgan fingerprint density at radius 1 is 1.33 bits per heavy atom. The lowest BCUT2D eigenvalue weighted by Crippen LogP contribution is -2.16.